The zero-order chi connectivity index (χ0) is 11.0. The molecule has 1 aliphatic rings. The Hall–Kier alpha value is -0.0700. The molecule has 88 valence electrons. The molecule has 0 bridgehead atoms. The molecular weight excluding hydrogens is 207 g/mol. The van der Waals surface area contributed by atoms with Crippen molar-refractivity contribution < 1.29 is 9.09 Å². The fourth-order valence-corrected chi connectivity index (χ4v) is 3.53. The number of hydrogen-bond acceptors (Lipinski definition) is 2. The van der Waals surface area contributed by atoms with Gasteiger partial charge in [0.05, 0.1) is 6.61 Å². The van der Waals surface area contributed by atoms with E-state index in [0.717, 1.165) is 6.42 Å². The van der Waals surface area contributed by atoms with Gasteiger partial charge in [0.15, 0.2) is 0 Å². The molecule has 0 aromatic carbocycles. The monoisotopic (exact) mass is 230 g/mol. The summed E-state index contributed by atoms with van der Waals surface area (Å²) in [5.41, 5.74) is 0. The Bertz CT molecular complexity index is 224. The third kappa shape index (κ3) is 5.53. The summed E-state index contributed by atoms with van der Waals surface area (Å²) in [7, 11) is -2.24. The quantitative estimate of drug-likeness (QED) is 0.354. The maximum absolute atomic E-state index is 11.9. The van der Waals surface area contributed by atoms with Crippen molar-refractivity contribution >= 4 is 7.37 Å². The second-order valence-electron chi connectivity index (χ2n) is 4.25. The number of allylic oxidation sites excluding steroid dienone is 2. The Morgan fingerprint density at radius 1 is 1.07 bits per heavy atom. The molecule has 0 saturated carbocycles. The first kappa shape index (κ1) is 13.0. The molecule has 0 fully saturated rings. The van der Waals surface area contributed by atoms with E-state index in [4.69, 9.17) is 4.52 Å². The van der Waals surface area contributed by atoms with E-state index < -0.39 is 7.37 Å². The van der Waals surface area contributed by atoms with Gasteiger partial charge in [0.25, 0.3) is 0 Å². The van der Waals surface area contributed by atoms with Crippen LogP contribution in [0.25, 0.3) is 0 Å². The van der Waals surface area contributed by atoms with Gasteiger partial charge in [-0.05, 0) is 6.42 Å². The smallest absolute Gasteiger partial charge is 0.210 e. The Labute approximate surface area is 93.5 Å². The van der Waals surface area contributed by atoms with Crippen LogP contribution in [0.1, 0.15) is 45.4 Å². The van der Waals surface area contributed by atoms with Crippen LogP contribution in [0.4, 0.5) is 0 Å². The van der Waals surface area contributed by atoms with E-state index in [1.54, 1.807) is 0 Å². The van der Waals surface area contributed by atoms with Crippen LogP contribution < -0.4 is 0 Å². The maximum Gasteiger partial charge on any atom is 0.210 e. The first-order valence-electron chi connectivity index (χ1n) is 6.14. The van der Waals surface area contributed by atoms with E-state index in [1.165, 1.54) is 32.1 Å². The molecule has 15 heavy (non-hydrogen) atoms. The van der Waals surface area contributed by atoms with Crippen LogP contribution in [0.15, 0.2) is 12.2 Å². The van der Waals surface area contributed by atoms with E-state index in [0.29, 0.717) is 18.9 Å². The molecule has 0 N–H and O–H groups in total. The van der Waals surface area contributed by atoms with Crippen LogP contribution in [0, 0.1) is 0 Å². The van der Waals surface area contributed by atoms with Crippen molar-refractivity contribution in [1.82, 2.24) is 0 Å². The molecule has 0 saturated heterocycles. The van der Waals surface area contributed by atoms with Crippen LogP contribution in [-0.4, -0.2) is 18.9 Å². The summed E-state index contributed by atoms with van der Waals surface area (Å²) in [5, 5.41) is 0. The van der Waals surface area contributed by atoms with Gasteiger partial charge in [0.2, 0.25) is 7.37 Å². The summed E-state index contributed by atoms with van der Waals surface area (Å²) in [4.78, 5) is 0. The standard InChI is InChI=1S/C12H23O2P/c1-2-3-4-5-6-7-10-14-15(13)11-8-9-12-15/h8-9H,2-7,10-12H2,1H3. The lowest BCUT2D eigenvalue weighted by Gasteiger charge is -2.11. The molecule has 3 heteroatoms. The molecule has 0 aliphatic carbocycles. The van der Waals surface area contributed by atoms with Crippen LogP contribution >= 0.6 is 7.37 Å². The first-order chi connectivity index (χ1) is 7.27. The normalized spacial score (nSPS) is 18.5. The minimum absolute atomic E-state index is 0.656. The van der Waals surface area contributed by atoms with Crippen LogP contribution in [0.5, 0.6) is 0 Å². The molecule has 0 radical (unpaired) electrons. The molecule has 1 heterocycles. The average molecular weight is 230 g/mol. The summed E-state index contributed by atoms with van der Waals surface area (Å²) < 4.78 is 17.4. The van der Waals surface area contributed by atoms with Gasteiger partial charge in [0, 0.05) is 12.3 Å². The highest BCUT2D eigenvalue weighted by molar-refractivity contribution is 7.59. The Morgan fingerprint density at radius 3 is 2.33 bits per heavy atom. The average Bonchev–Trinajstić information content (AvgIpc) is 2.64. The lowest BCUT2D eigenvalue weighted by atomic mass is 10.1. The predicted molar refractivity (Wildman–Crippen MR) is 65.8 cm³/mol. The first-order valence-corrected chi connectivity index (χ1v) is 8.14. The SMILES string of the molecule is CCCCCCCCOP1(=O)CC=CC1. The Morgan fingerprint density at radius 2 is 1.67 bits per heavy atom. The van der Waals surface area contributed by atoms with E-state index in [1.807, 2.05) is 12.2 Å². The highest BCUT2D eigenvalue weighted by Crippen LogP contribution is 2.50. The highest BCUT2D eigenvalue weighted by Gasteiger charge is 2.23. The van der Waals surface area contributed by atoms with Gasteiger partial charge in [-0.15, -0.1) is 0 Å². The molecule has 1 rings (SSSR count). The fourth-order valence-electron chi connectivity index (χ4n) is 1.76. The summed E-state index contributed by atoms with van der Waals surface area (Å²) in [6.07, 6.45) is 12.8. The molecule has 0 amide bonds. The van der Waals surface area contributed by atoms with E-state index in [2.05, 4.69) is 6.92 Å². The number of rotatable bonds is 8. The zero-order valence-corrected chi connectivity index (χ0v) is 10.7. The Balaban J connectivity index is 1.91. The molecule has 0 aromatic heterocycles. The third-order valence-corrected chi connectivity index (χ3v) is 4.95. The van der Waals surface area contributed by atoms with Gasteiger partial charge in [-0.2, -0.15) is 0 Å². The van der Waals surface area contributed by atoms with Gasteiger partial charge < -0.3 is 4.52 Å². The molecule has 1 aliphatic heterocycles. The van der Waals surface area contributed by atoms with Gasteiger partial charge >= 0.3 is 0 Å². The second kappa shape index (κ2) is 7.24. The molecule has 0 spiro atoms. The van der Waals surface area contributed by atoms with Crippen molar-refractivity contribution in [2.75, 3.05) is 18.9 Å². The van der Waals surface area contributed by atoms with Crippen molar-refractivity contribution in [3.05, 3.63) is 12.2 Å². The van der Waals surface area contributed by atoms with Crippen molar-refractivity contribution in [3.63, 3.8) is 0 Å². The summed E-state index contributed by atoms with van der Waals surface area (Å²) in [6.45, 7) is 2.91. The molecule has 0 aromatic rings. The minimum Gasteiger partial charge on any atom is -0.328 e. The predicted octanol–water partition coefficient (Wildman–Crippen LogP) is 4.21. The maximum atomic E-state index is 11.9. The van der Waals surface area contributed by atoms with Crippen molar-refractivity contribution in [3.8, 4) is 0 Å². The fraction of sp³-hybridized carbons (Fsp3) is 0.833. The van der Waals surface area contributed by atoms with Crippen LogP contribution in [-0.2, 0) is 9.09 Å². The summed E-state index contributed by atoms with van der Waals surface area (Å²) in [5.74, 6) is 0. The van der Waals surface area contributed by atoms with Gasteiger partial charge in [-0.1, -0.05) is 51.2 Å². The highest BCUT2D eigenvalue weighted by atomic mass is 31.2. The molecule has 0 atom stereocenters. The lowest BCUT2D eigenvalue weighted by molar-refractivity contribution is 0.305. The Kier molecular flexibility index (Phi) is 6.28. The van der Waals surface area contributed by atoms with Gasteiger partial charge in [-0.3, -0.25) is 4.57 Å². The zero-order valence-electron chi connectivity index (χ0n) is 9.78. The third-order valence-electron chi connectivity index (χ3n) is 2.76. The van der Waals surface area contributed by atoms with Crippen molar-refractivity contribution in [2.45, 2.75) is 45.4 Å². The largest absolute Gasteiger partial charge is 0.328 e. The van der Waals surface area contributed by atoms with Crippen LogP contribution in [0.2, 0.25) is 0 Å². The van der Waals surface area contributed by atoms with E-state index in [-0.39, 0.29) is 0 Å². The van der Waals surface area contributed by atoms with Crippen molar-refractivity contribution in [1.29, 1.82) is 0 Å². The van der Waals surface area contributed by atoms with Gasteiger partial charge in [0.1, 0.15) is 0 Å². The van der Waals surface area contributed by atoms with E-state index >= 15 is 0 Å². The van der Waals surface area contributed by atoms with Crippen LogP contribution in [0.3, 0.4) is 0 Å². The minimum atomic E-state index is -2.24. The number of hydrogen-bond donors (Lipinski definition) is 0. The molecule has 0 unspecified atom stereocenters. The molecular formula is C12H23O2P. The summed E-state index contributed by atoms with van der Waals surface area (Å²) >= 11 is 0. The summed E-state index contributed by atoms with van der Waals surface area (Å²) in [6, 6.07) is 0. The second-order valence-corrected chi connectivity index (χ2v) is 6.87. The van der Waals surface area contributed by atoms with E-state index in [9.17, 15) is 4.57 Å². The number of unbranched alkanes of at least 4 members (excludes halogenated alkanes) is 5. The molecule has 2 nitrogen and oxygen atoms in total. The van der Waals surface area contributed by atoms with Gasteiger partial charge in [-0.25, -0.2) is 0 Å². The van der Waals surface area contributed by atoms with Crippen molar-refractivity contribution in [2.24, 2.45) is 0 Å². The topological polar surface area (TPSA) is 26.3 Å². The lowest BCUT2D eigenvalue weighted by Crippen LogP contribution is -1.95.